The molecule has 13 heteroatoms. The van der Waals surface area contributed by atoms with Crippen molar-refractivity contribution < 1.29 is 54.8 Å². The van der Waals surface area contributed by atoms with E-state index in [1.54, 1.807) is 0 Å². The quantitative estimate of drug-likeness (QED) is 0.356. The highest BCUT2D eigenvalue weighted by Crippen LogP contribution is 2.61. The molecule has 4 fully saturated rings. The zero-order chi connectivity index (χ0) is 24.2. The van der Waals surface area contributed by atoms with Gasteiger partial charge in [-0.3, -0.25) is 9.35 Å². The minimum Gasteiger partial charge on any atom is -0.454 e. The van der Waals surface area contributed by atoms with Gasteiger partial charge in [0.05, 0.1) is 5.41 Å². The van der Waals surface area contributed by atoms with Crippen molar-refractivity contribution in [3.63, 3.8) is 0 Å². The Hall–Kier alpha value is -2.80. The number of hydrogen-bond acceptors (Lipinski definition) is 9. The Morgan fingerprint density at radius 3 is 2.24 bits per heavy atom. The van der Waals surface area contributed by atoms with Crippen LogP contribution in [-0.2, 0) is 19.6 Å². The summed E-state index contributed by atoms with van der Waals surface area (Å²) < 4.78 is 77.6. The maximum absolute atomic E-state index is 13.5. The van der Waals surface area contributed by atoms with E-state index in [1.165, 1.54) is 0 Å². The summed E-state index contributed by atoms with van der Waals surface area (Å²) in [5, 5.41) is -4.77. The Morgan fingerprint density at radius 2 is 1.68 bits per heavy atom. The summed E-state index contributed by atoms with van der Waals surface area (Å²) in [5.74, 6) is -2.22. The largest absolute Gasteiger partial charge is 0.454 e. The molecule has 7 rings (SSSR count). The average Bonchev–Trinajstić information content (AvgIpc) is 3.34. The minimum atomic E-state index is -5.84. The normalized spacial score (nSPS) is 29.6. The van der Waals surface area contributed by atoms with Crippen molar-refractivity contribution in [1.29, 1.82) is 0 Å². The molecule has 1 aliphatic heterocycles. The SMILES string of the molecule is O=C1Oc2c(OC(=O)C34CC5CC(CC(C5)C3)C4)c3oc2c1c3C(=O)OCC(F)(F)S(=O)(=O)O. The van der Waals surface area contributed by atoms with Crippen molar-refractivity contribution in [3.05, 3.63) is 11.1 Å². The number of alkyl halides is 2. The topological polar surface area (TPSA) is 146 Å². The van der Waals surface area contributed by atoms with E-state index >= 15 is 0 Å². The van der Waals surface area contributed by atoms with E-state index < -0.39 is 50.9 Å². The molecule has 0 unspecified atom stereocenters. The van der Waals surface area contributed by atoms with Gasteiger partial charge in [0.2, 0.25) is 11.5 Å². The van der Waals surface area contributed by atoms with E-state index in [-0.39, 0.29) is 28.2 Å². The summed E-state index contributed by atoms with van der Waals surface area (Å²) in [7, 11) is -5.84. The molecule has 182 valence electrons. The molecule has 6 bridgehead atoms. The van der Waals surface area contributed by atoms with Crippen LogP contribution in [0.1, 0.15) is 59.2 Å². The maximum Gasteiger partial charge on any atom is 0.402 e. The highest BCUT2D eigenvalue weighted by atomic mass is 32.2. The van der Waals surface area contributed by atoms with Gasteiger partial charge in [0.1, 0.15) is 11.1 Å². The van der Waals surface area contributed by atoms with Gasteiger partial charge in [-0.25, -0.2) is 9.59 Å². The van der Waals surface area contributed by atoms with Crippen molar-refractivity contribution in [2.45, 2.75) is 43.8 Å². The van der Waals surface area contributed by atoms with E-state index in [1.807, 2.05) is 0 Å². The van der Waals surface area contributed by atoms with Crippen LogP contribution in [0.2, 0.25) is 0 Å². The summed E-state index contributed by atoms with van der Waals surface area (Å²) in [5.41, 5.74) is -2.26. The van der Waals surface area contributed by atoms with Crippen LogP contribution in [0.3, 0.4) is 0 Å². The first kappa shape index (κ1) is 21.7. The van der Waals surface area contributed by atoms with Crippen molar-refractivity contribution in [2.75, 3.05) is 6.61 Å². The van der Waals surface area contributed by atoms with Crippen molar-refractivity contribution >= 4 is 39.2 Å². The average molecular weight is 500 g/mol. The van der Waals surface area contributed by atoms with Crippen LogP contribution in [0.15, 0.2) is 4.42 Å². The fraction of sp³-hybridized carbons (Fsp3) is 0.571. The van der Waals surface area contributed by atoms with Gasteiger partial charge in [-0.1, -0.05) is 0 Å². The van der Waals surface area contributed by atoms with Gasteiger partial charge >= 0.3 is 33.3 Å². The van der Waals surface area contributed by atoms with E-state index in [2.05, 4.69) is 4.74 Å². The second-order valence-corrected chi connectivity index (χ2v) is 11.4. The molecule has 3 heterocycles. The number of carbonyl (C=O) groups excluding carboxylic acids is 3. The second-order valence-electron chi connectivity index (χ2n) is 9.83. The van der Waals surface area contributed by atoms with Gasteiger partial charge in [-0.05, 0) is 56.3 Å². The molecule has 0 aromatic carbocycles. The first-order valence-corrected chi connectivity index (χ1v) is 12.2. The van der Waals surface area contributed by atoms with Gasteiger partial charge in [0.15, 0.2) is 17.8 Å². The molecular formula is C21H18F2O10S. The lowest BCUT2D eigenvalue weighted by Crippen LogP contribution is -2.51. The smallest absolute Gasteiger partial charge is 0.402 e. The zero-order valence-electron chi connectivity index (χ0n) is 17.5. The molecular weight excluding hydrogens is 482 g/mol. The van der Waals surface area contributed by atoms with Crippen LogP contribution in [-0.4, -0.2) is 42.7 Å². The van der Waals surface area contributed by atoms with Crippen LogP contribution in [0.5, 0.6) is 11.5 Å². The molecule has 34 heavy (non-hydrogen) atoms. The number of benzene rings is 1. The van der Waals surface area contributed by atoms with Crippen LogP contribution in [0, 0.1) is 23.2 Å². The third kappa shape index (κ3) is 2.92. The van der Waals surface area contributed by atoms with Crippen LogP contribution in [0.25, 0.3) is 11.2 Å². The summed E-state index contributed by atoms with van der Waals surface area (Å²) in [6.45, 7) is -2.00. The molecule has 0 spiro atoms. The van der Waals surface area contributed by atoms with E-state index in [0.29, 0.717) is 37.0 Å². The lowest BCUT2D eigenvalue weighted by Gasteiger charge is -2.55. The van der Waals surface area contributed by atoms with E-state index in [4.69, 9.17) is 18.4 Å². The van der Waals surface area contributed by atoms with Gasteiger partial charge in [0, 0.05) is 0 Å². The number of fused-ring (bicyclic) bond motifs is 1. The number of rotatable bonds is 6. The Morgan fingerprint density at radius 1 is 1.09 bits per heavy atom. The maximum atomic E-state index is 13.5. The van der Waals surface area contributed by atoms with Gasteiger partial charge in [0.25, 0.3) is 0 Å². The molecule has 0 saturated heterocycles. The number of hydrogen-bond donors (Lipinski definition) is 1. The fourth-order valence-corrected chi connectivity index (χ4v) is 6.74. The molecule has 4 saturated carbocycles. The first-order valence-electron chi connectivity index (χ1n) is 10.8. The van der Waals surface area contributed by atoms with Crippen LogP contribution >= 0.6 is 0 Å². The second kappa shape index (κ2) is 6.66. The molecule has 2 aromatic heterocycles. The molecule has 2 aromatic rings. The summed E-state index contributed by atoms with van der Waals surface area (Å²) in [6.07, 6.45) is 5.33. The number of halogens is 2. The third-order valence-corrected chi connectivity index (χ3v) is 8.42. The van der Waals surface area contributed by atoms with Gasteiger partial charge < -0.3 is 18.6 Å². The Bertz CT molecular complexity index is 1320. The van der Waals surface area contributed by atoms with Crippen molar-refractivity contribution in [2.24, 2.45) is 23.2 Å². The standard InChI is InChI=1S/C21H18F2O10S/c22-21(23,34(27,28)29)7-30-17(24)11-12-14-15(32-18(12)25)16(13(11)31-14)33-19(26)20-4-8-1-9(5-20)3-10(2-8)6-20/h8-10H,1-7H2,(H,27,28,29). The predicted octanol–water partition coefficient (Wildman–Crippen LogP) is 3.16. The van der Waals surface area contributed by atoms with Gasteiger partial charge in [-0.2, -0.15) is 17.2 Å². The van der Waals surface area contributed by atoms with Crippen LogP contribution < -0.4 is 9.47 Å². The number of ether oxygens (including phenoxy) is 3. The summed E-state index contributed by atoms with van der Waals surface area (Å²) >= 11 is 0. The molecule has 4 aliphatic carbocycles. The summed E-state index contributed by atoms with van der Waals surface area (Å²) in [4.78, 5) is 38.1. The highest BCUT2D eigenvalue weighted by Gasteiger charge is 2.56. The summed E-state index contributed by atoms with van der Waals surface area (Å²) in [6, 6.07) is 0. The van der Waals surface area contributed by atoms with Crippen LogP contribution in [0.4, 0.5) is 8.78 Å². The first-order chi connectivity index (χ1) is 15.9. The molecule has 0 radical (unpaired) electrons. The molecule has 0 amide bonds. The number of carbonyl (C=O) groups is 3. The zero-order valence-corrected chi connectivity index (χ0v) is 18.3. The third-order valence-electron chi connectivity index (χ3n) is 7.54. The van der Waals surface area contributed by atoms with E-state index in [0.717, 1.165) is 19.3 Å². The lowest BCUT2D eigenvalue weighted by atomic mass is 9.49. The fourth-order valence-electron chi connectivity index (χ4n) is 6.53. The number of furan rings is 2. The predicted molar refractivity (Wildman–Crippen MR) is 105 cm³/mol. The van der Waals surface area contributed by atoms with Crippen molar-refractivity contribution in [1.82, 2.24) is 0 Å². The molecule has 5 aliphatic rings. The lowest BCUT2D eigenvalue weighted by molar-refractivity contribution is -0.161. The molecule has 0 atom stereocenters. The molecule has 1 N–H and O–H groups in total. The van der Waals surface area contributed by atoms with Crippen molar-refractivity contribution in [3.8, 4) is 11.5 Å². The van der Waals surface area contributed by atoms with Gasteiger partial charge in [-0.15, -0.1) is 0 Å². The molecule has 10 nitrogen and oxygen atoms in total. The Labute approximate surface area is 190 Å². The monoisotopic (exact) mass is 500 g/mol. The highest BCUT2D eigenvalue weighted by molar-refractivity contribution is 7.86. The number of esters is 3. The minimum absolute atomic E-state index is 0.173. The Kier molecular flexibility index (Phi) is 4.25. The van der Waals surface area contributed by atoms with E-state index in [9.17, 15) is 31.6 Å². The Balaban J connectivity index is 1.30.